The van der Waals surface area contributed by atoms with Crippen LogP contribution < -0.4 is 0 Å². The van der Waals surface area contributed by atoms with E-state index in [1.807, 2.05) is 28.0 Å². The van der Waals surface area contributed by atoms with Gasteiger partial charge >= 0.3 is 0 Å². The smallest absolute Gasteiger partial charge is 0.222 e. The van der Waals surface area contributed by atoms with E-state index in [0.29, 0.717) is 24.7 Å². The molecular formula is C24H34N2O3. The summed E-state index contributed by atoms with van der Waals surface area (Å²) in [6.45, 7) is 4.18. The average Bonchev–Trinajstić information content (AvgIpc) is 3.29. The maximum atomic E-state index is 12.6. The molecule has 1 aromatic rings. The number of ether oxygens (including phenoxy) is 1. The molecule has 4 rings (SSSR count). The lowest BCUT2D eigenvalue weighted by Gasteiger charge is -2.46. The van der Waals surface area contributed by atoms with Crippen molar-refractivity contribution >= 4 is 11.8 Å². The summed E-state index contributed by atoms with van der Waals surface area (Å²) >= 11 is 0. The van der Waals surface area contributed by atoms with Crippen LogP contribution in [-0.2, 0) is 20.7 Å². The molecule has 0 N–H and O–H groups in total. The Labute approximate surface area is 174 Å². The van der Waals surface area contributed by atoms with Crippen LogP contribution in [0, 0.1) is 5.92 Å². The summed E-state index contributed by atoms with van der Waals surface area (Å²) in [4.78, 5) is 29.2. The Morgan fingerprint density at radius 1 is 0.966 bits per heavy atom. The summed E-state index contributed by atoms with van der Waals surface area (Å²) in [6.07, 6.45) is 8.11. The number of aryl methyl sites for hydroxylation is 1. The number of benzene rings is 1. The van der Waals surface area contributed by atoms with Gasteiger partial charge in [0.15, 0.2) is 0 Å². The Morgan fingerprint density at radius 3 is 2.38 bits per heavy atom. The van der Waals surface area contributed by atoms with Gasteiger partial charge in [-0.05, 0) is 56.4 Å². The van der Waals surface area contributed by atoms with Gasteiger partial charge in [0.2, 0.25) is 11.8 Å². The first-order valence-corrected chi connectivity index (χ1v) is 11.4. The maximum Gasteiger partial charge on any atom is 0.222 e. The average molecular weight is 399 g/mol. The van der Waals surface area contributed by atoms with Crippen LogP contribution in [0.15, 0.2) is 30.3 Å². The Kier molecular flexibility index (Phi) is 6.53. The van der Waals surface area contributed by atoms with Crippen molar-refractivity contribution in [1.82, 2.24) is 9.80 Å². The highest BCUT2D eigenvalue weighted by Crippen LogP contribution is 2.39. The van der Waals surface area contributed by atoms with Crippen molar-refractivity contribution in [3.05, 3.63) is 35.9 Å². The van der Waals surface area contributed by atoms with Crippen LogP contribution in [0.3, 0.4) is 0 Å². The van der Waals surface area contributed by atoms with E-state index in [2.05, 4.69) is 12.1 Å². The predicted octanol–water partition coefficient (Wildman–Crippen LogP) is 3.42. The Balaban J connectivity index is 1.24. The highest BCUT2D eigenvalue weighted by molar-refractivity contribution is 5.77. The molecule has 0 aromatic heterocycles. The molecule has 3 saturated heterocycles. The van der Waals surface area contributed by atoms with Gasteiger partial charge < -0.3 is 14.5 Å². The number of rotatable bonds is 5. The molecule has 0 saturated carbocycles. The number of piperidine rings is 1. The molecule has 5 heteroatoms. The summed E-state index contributed by atoms with van der Waals surface area (Å²) in [6, 6.07) is 10.2. The van der Waals surface area contributed by atoms with Crippen LogP contribution in [0.5, 0.6) is 0 Å². The minimum absolute atomic E-state index is 0.121. The lowest BCUT2D eigenvalue weighted by Crippen LogP contribution is -2.51. The molecule has 29 heavy (non-hydrogen) atoms. The molecule has 1 unspecified atom stereocenters. The fourth-order valence-electron chi connectivity index (χ4n) is 5.21. The molecule has 0 bridgehead atoms. The third-order valence-electron chi connectivity index (χ3n) is 7.01. The summed E-state index contributed by atoms with van der Waals surface area (Å²) in [5.74, 6) is 1.01. The first-order chi connectivity index (χ1) is 14.1. The number of carbonyl (C=O) groups excluding carboxylic acids is 2. The summed E-state index contributed by atoms with van der Waals surface area (Å²) in [5.41, 5.74) is 1.10. The van der Waals surface area contributed by atoms with Crippen molar-refractivity contribution in [1.29, 1.82) is 0 Å². The monoisotopic (exact) mass is 398 g/mol. The Bertz CT molecular complexity index is 691. The molecule has 3 fully saturated rings. The molecule has 3 aliphatic rings. The van der Waals surface area contributed by atoms with Crippen LogP contribution in [0.4, 0.5) is 0 Å². The highest BCUT2D eigenvalue weighted by Gasteiger charge is 2.41. The first kappa shape index (κ1) is 20.4. The minimum atomic E-state index is -0.121. The Hall–Kier alpha value is -1.88. The first-order valence-electron chi connectivity index (χ1n) is 11.4. The van der Waals surface area contributed by atoms with Gasteiger partial charge in [0.05, 0.1) is 5.60 Å². The van der Waals surface area contributed by atoms with Gasteiger partial charge in [-0.2, -0.15) is 0 Å². The number of carbonyl (C=O) groups is 2. The molecule has 0 radical (unpaired) electrons. The van der Waals surface area contributed by atoms with Crippen molar-refractivity contribution in [3.63, 3.8) is 0 Å². The number of amides is 2. The van der Waals surface area contributed by atoms with Crippen LogP contribution in [0.1, 0.15) is 56.9 Å². The van der Waals surface area contributed by atoms with Crippen LogP contribution >= 0.6 is 0 Å². The van der Waals surface area contributed by atoms with Crippen molar-refractivity contribution < 1.29 is 14.3 Å². The minimum Gasteiger partial charge on any atom is -0.375 e. The summed E-state index contributed by atoms with van der Waals surface area (Å²) in [7, 11) is 0. The molecule has 158 valence electrons. The second-order valence-electron chi connectivity index (χ2n) is 9.05. The lowest BCUT2D eigenvalue weighted by molar-refractivity contribution is -0.149. The molecule has 3 aliphatic heterocycles. The molecular weight excluding hydrogens is 364 g/mol. The van der Waals surface area contributed by atoms with E-state index in [0.717, 1.165) is 77.7 Å². The molecule has 2 amide bonds. The van der Waals surface area contributed by atoms with Crippen molar-refractivity contribution in [2.45, 2.75) is 63.4 Å². The van der Waals surface area contributed by atoms with Gasteiger partial charge in [0, 0.05) is 45.6 Å². The lowest BCUT2D eigenvalue weighted by atomic mass is 9.78. The fraction of sp³-hybridized carbons (Fsp3) is 0.667. The van der Waals surface area contributed by atoms with Crippen molar-refractivity contribution in [3.8, 4) is 0 Å². The maximum absolute atomic E-state index is 12.6. The van der Waals surface area contributed by atoms with Gasteiger partial charge in [-0.3, -0.25) is 9.59 Å². The van der Waals surface area contributed by atoms with Gasteiger partial charge in [-0.1, -0.05) is 30.3 Å². The van der Waals surface area contributed by atoms with Crippen LogP contribution in [0.25, 0.3) is 0 Å². The van der Waals surface area contributed by atoms with E-state index in [4.69, 9.17) is 4.74 Å². The molecule has 1 spiro atoms. The van der Waals surface area contributed by atoms with E-state index in [9.17, 15) is 9.59 Å². The van der Waals surface area contributed by atoms with Gasteiger partial charge in [-0.15, -0.1) is 0 Å². The normalized spacial score (nSPS) is 24.1. The van der Waals surface area contributed by atoms with E-state index >= 15 is 0 Å². The fourth-order valence-corrected chi connectivity index (χ4v) is 5.21. The molecule has 0 aliphatic carbocycles. The third-order valence-corrected chi connectivity index (χ3v) is 7.01. The van der Waals surface area contributed by atoms with Crippen molar-refractivity contribution in [2.24, 2.45) is 5.92 Å². The van der Waals surface area contributed by atoms with Gasteiger partial charge in [0.25, 0.3) is 0 Å². The second kappa shape index (κ2) is 9.29. The molecule has 5 nitrogen and oxygen atoms in total. The van der Waals surface area contributed by atoms with E-state index < -0.39 is 0 Å². The topological polar surface area (TPSA) is 49.9 Å². The van der Waals surface area contributed by atoms with Crippen molar-refractivity contribution in [2.75, 3.05) is 32.8 Å². The quantitative estimate of drug-likeness (QED) is 0.764. The number of hydrogen-bond acceptors (Lipinski definition) is 3. The zero-order valence-electron chi connectivity index (χ0n) is 17.5. The number of likely N-dealkylation sites (tertiary alicyclic amines) is 2. The molecule has 1 atom stereocenters. The van der Waals surface area contributed by atoms with Crippen LogP contribution in [0.2, 0.25) is 0 Å². The highest BCUT2D eigenvalue weighted by atomic mass is 16.5. The largest absolute Gasteiger partial charge is 0.375 e. The standard InChI is InChI=1S/C24H34N2O3/c27-22(9-8-20-6-2-1-3-7-20)26-15-11-24(12-16-26)19-21(10-17-29-24)18-23(28)25-13-4-5-14-25/h1-3,6-7,21H,4-5,8-19H2. The SMILES string of the molecule is O=C(CCc1ccccc1)N1CCC2(CC1)CC(CC(=O)N1CCCC1)CCO2. The summed E-state index contributed by atoms with van der Waals surface area (Å²) in [5, 5.41) is 0. The Morgan fingerprint density at radius 2 is 1.66 bits per heavy atom. The van der Waals surface area contributed by atoms with Gasteiger partial charge in [0.1, 0.15) is 0 Å². The van der Waals surface area contributed by atoms with Crippen LogP contribution in [-0.4, -0.2) is 60.0 Å². The summed E-state index contributed by atoms with van der Waals surface area (Å²) < 4.78 is 6.24. The number of hydrogen-bond donors (Lipinski definition) is 0. The van der Waals surface area contributed by atoms with E-state index in [1.54, 1.807) is 0 Å². The molecule has 3 heterocycles. The van der Waals surface area contributed by atoms with Gasteiger partial charge in [-0.25, -0.2) is 0 Å². The predicted molar refractivity (Wildman–Crippen MR) is 112 cm³/mol. The van der Waals surface area contributed by atoms with E-state index in [-0.39, 0.29) is 11.5 Å². The number of nitrogens with zero attached hydrogens (tertiary/aromatic N) is 2. The van der Waals surface area contributed by atoms with E-state index in [1.165, 1.54) is 5.56 Å². The third kappa shape index (κ3) is 5.19. The zero-order chi connectivity index (χ0) is 20.1. The zero-order valence-corrected chi connectivity index (χ0v) is 17.5. The molecule has 1 aromatic carbocycles. The second-order valence-corrected chi connectivity index (χ2v) is 9.05.